The monoisotopic (exact) mass is 233 g/mol. The Hall–Kier alpha value is -1.55. The molecule has 0 fully saturated rings. The second-order valence-corrected chi connectivity index (χ2v) is 4.17. The average Bonchev–Trinajstić information content (AvgIpc) is 2.58. The van der Waals surface area contributed by atoms with Crippen LogP contribution in [-0.2, 0) is 9.53 Å². The lowest BCUT2D eigenvalue weighted by molar-refractivity contribution is -0.126. The zero-order valence-corrected chi connectivity index (χ0v) is 9.88. The number of Topliss-reactive ketones (excluding diaryl/α,β-unsaturated/α-hetero) is 1. The van der Waals surface area contributed by atoms with Crippen molar-refractivity contribution in [3.63, 3.8) is 0 Å². The molecule has 0 spiro atoms. The number of hydrogen-bond acceptors (Lipinski definition) is 3. The van der Waals surface area contributed by atoms with Crippen LogP contribution in [0.1, 0.15) is 19.4 Å². The number of thiocarbonyl (C=S) groups is 1. The molecule has 0 saturated carbocycles. The predicted octanol–water partition coefficient (Wildman–Crippen LogP) is 2.14. The van der Waals surface area contributed by atoms with E-state index in [9.17, 15) is 4.79 Å². The van der Waals surface area contributed by atoms with Crippen molar-refractivity contribution in [2.45, 2.75) is 19.4 Å². The molecule has 0 saturated heterocycles. The number of rotatable bonds is 2. The quantitative estimate of drug-likeness (QED) is 0.735. The molecule has 0 amide bonds. The van der Waals surface area contributed by atoms with Crippen LogP contribution in [0.15, 0.2) is 35.3 Å². The SMILES string of the molecule is CC(=O)[C@]1(C)OC(c2ccccc2)=NC1=S. The van der Waals surface area contributed by atoms with E-state index in [0.29, 0.717) is 10.9 Å². The summed E-state index contributed by atoms with van der Waals surface area (Å²) in [5, 5.41) is 0. The molecule has 0 unspecified atom stereocenters. The lowest BCUT2D eigenvalue weighted by Crippen LogP contribution is -2.40. The van der Waals surface area contributed by atoms with Gasteiger partial charge in [-0.25, -0.2) is 4.99 Å². The molecule has 16 heavy (non-hydrogen) atoms. The molecule has 0 bridgehead atoms. The first-order valence-corrected chi connectivity index (χ1v) is 5.33. The van der Waals surface area contributed by atoms with Gasteiger partial charge in [-0.2, -0.15) is 0 Å². The minimum absolute atomic E-state index is 0.132. The molecule has 3 nitrogen and oxygen atoms in total. The van der Waals surface area contributed by atoms with Gasteiger partial charge in [0.15, 0.2) is 10.8 Å². The Bertz CT molecular complexity index is 481. The Labute approximate surface area is 99.1 Å². The summed E-state index contributed by atoms with van der Waals surface area (Å²) >= 11 is 5.07. The van der Waals surface area contributed by atoms with Crippen LogP contribution in [0.2, 0.25) is 0 Å². The summed E-state index contributed by atoms with van der Waals surface area (Å²) < 4.78 is 5.57. The highest BCUT2D eigenvalue weighted by Gasteiger charge is 2.43. The highest BCUT2D eigenvalue weighted by atomic mass is 32.1. The van der Waals surface area contributed by atoms with Gasteiger partial charge < -0.3 is 4.74 Å². The molecule has 0 radical (unpaired) electrons. The number of ketones is 1. The zero-order valence-electron chi connectivity index (χ0n) is 9.06. The molecule has 1 aromatic carbocycles. The molecule has 2 rings (SSSR count). The maximum Gasteiger partial charge on any atom is 0.223 e. The summed E-state index contributed by atoms with van der Waals surface area (Å²) in [6.07, 6.45) is 0. The topological polar surface area (TPSA) is 38.7 Å². The van der Waals surface area contributed by atoms with Gasteiger partial charge in [0.1, 0.15) is 0 Å². The van der Waals surface area contributed by atoms with E-state index in [2.05, 4.69) is 4.99 Å². The smallest absolute Gasteiger partial charge is 0.223 e. The molecule has 1 atom stereocenters. The number of carbonyl (C=O) groups excluding carboxylic acids is 1. The molecule has 0 N–H and O–H groups in total. The summed E-state index contributed by atoms with van der Waals surface area (Å²) in [4.78, 5) is 15.9. The van der Waals surface area contributed by atoms with E-state index in [4.69, 9.17) is 17.0 Å². The number of aliphatic imine (C=N–C) groups is 1. The normalized spacial score (nSPS) is 23.9. The molecule has 4 heteroatoms. The van der Waals surface area contributed by atoms with Gasteiger partial charge in [0.2, 0.25) is 11.5 Å². The number of benzene rings is 1. The van der Waals surface area contributed by atoms with E-state index in [1.54, 1.807) is 6.92 Å². The van der Waals surface area contributed by atoms with E-state index >= 15 is 0 Å². The summed E-state index contributed by atoms with van der Waals surface area (Å²) in [6.45, 7) is 3.10. The van der Waals surface area contributed by atoms with E-state index in [1.807, 2.05) is 30.3 Å². The minimum atomic E-state index is -1.08. The van der Waals surface area contributed by atoms with Gasteiger partial charge in [0.25, 0.3) is 0 Å². The van der Waals surface area contributed by atoms with Gasteiger partial charge in [-0.1, -0.05) is 30.4 Å². The molecule has 82 valence electrons. The van der Waals surface area contributed by atoms with Crippen molar-refractivity contribution in [2.24, 2.45) is 4.99 Å². The van der Waals surface area contributed by atoms with Gasteiger partial charge in [-0.3, -0.25) is 4.79 Å². The average molecular weight is 233 g/mol. The molecule has 1 aliphatic heterocycles. The largest absolute Gasteiger partial charge is 0.455 e. The zero-order chi connectivity index (χ0) is 11.8. The Morgan fingerprint density at radius 1 is 1.38 bits per heavy atom. The Kier molecular flexibility index (Phi) is 2.59. The third-order valence-electron chi connectivity index (χ3n) is 2.60. The van der Waals surface area contributed by atoms with E-state index in [-0.39, 0.29) is 5.78 Å². The molecule has 1 aliphatic rings. The first-order chi connectivity index (χ1) is 7.54. The number of ether oxygens (including phenoxy) is 1. The van der Waals surface area contributed by atoms with E-state index in [1.165, 1.54) is 6.92 Å². The fraction of sp³-hybridized carbons (Fsp3) is 0.250. The van der Waals surface area contributed by atoms with Crippen LogP contribution in [0.4, 0.5) is 0 Å². The maximum absolute atomic E-state index is 11.5. The second kappa shape index (κ2) is 3.79. The molecule has 0 aliphatic carbocycles. The molecular formula is C12H11NO2S. The van der Waals surface area contributed by atoms with Crippen LogP contribution in [0.3, 0.4) is 0 Å². The Morgan fingerprint density at radius 2 is 2.00 bits per heavy atom. The van der Waals surface area contributed by atoms with Gasteiger partial charge in [-0.15, -0.1) is 0 Å². The van der Waals surface area contributed by atoms with Crippen LogP contribution < -0.4 is 0 Å². The van der Waals surface area contributed by atoms with Crippen molar-refractivity contribution < 1.29 is 9.53 Å². The standard InChI is InChI=1S/C12H11NO2S/c1-8(14)12(2)11(16)13-10(15-12)9-6-4-3-5-7-9/h3-7H,1-2H3/t12-/m0/s1. The van der Waals surface area contributed by atoms with Crippen LogP contribution in [-0.4, -0.2) is 22.3 Å². The predicted molar refractivity (Wildman–Crippen MR) is 65.7 cm³/mol. The summed E-state index contributed by atoms with van der Waals surface area (Å²) in [7, 11) is 0. The van der Waals surface area contributed by atoms with Gasteiger partial charge >= 0.3 is 0 Å². The van der Waals surface area contributed by atoms with Crippen molar-refractivity contribution in [2.75, 3.05) is 0 Å². The van der Waals surface area contributed by atoms with Crippen molar-refractivity contribution in [1.29, 1.82) is 0 Å². The van der Waals surface area contributed by atoms with Crippen LogP contribution in [0.5, 0.6) is 0 Å². The van der Waals surface area contributed by atoms with E-state index in [0.717, 1.165) is 5.56 Å². The van der Waals surface area contributed by atoms with Gasteiger partial charge in [-0.05, 0) is 26.0 Å². The van der Waals surface area contributed by atoms with Gasteiger partial charge in [0, 0.05) is 5.56 Å². The highest BCUT2D eigenvalue weighted by molar-refractivity contribution is 7.80. The number of carbonyl (C=O) groups is 1. The third kappa shape index (κ3) is 1.65. The molecule has 0 aromatic heterocycles. The summed E-state index contributed by atoms with van der Waals surface area (Å²) in [6, 6.07) is 9.41. The van der Waals surface area contributed by atoms with Crippen molar-refractivity contribution in [1.82, 2.24) is 0 Å². The van der Waals surface area contributed by atoms with Crippen LogP contribution in [0.25, 0.3) is 0 Å². The molecule has 1 aromatic rings. The van der Waals surface area contributed by atoms with Crippen LogP contribution >= 0.6 is 12.2 Å². The van der Waals surface area contributed by atoms with Crippen molar-refractivity contribution >= 4 is 28.9 Å². The summed E-state index contributed by atoms with van der Waals surface area (Å²) in [5.74, 6) is 0.287. The summed E-state index contributed by atoms with van der Waals surface area (Å²) in [5.41, 5.74) is -0.254. The van der Waals surface area contributed by atoms with E-state index < -0.39 is 5.60 Å². The molecular weight excluding hydrogens is 222 g/mol. The van der Waals surface area contributed by atoms with Crippen molar-refractivity contribution in [3.05, 3.63) is 35.9 Å². The highest BCUT2D eigenvalue weighted by Crippen LogP contribution is 2.25. The third-order valence-corrected chi connectivity index (χ3v) is 3.09. The van der Waals surface area contributed by atoms with Crippen LogP contribution in [0, 0.1) is 0 Å². The minimum Gasteiger partial charge on any atom is -0.455 e. The fourth-order valence-corrected chi connectivity index (χ4v) is 1.65. The Balaban J connectivity index is 2.34. The first-order valence-electron chi connectivity index (χ1n) is 4.92. The fourth-order valence-electron chi connectivity index (χ4n) is 1.39. The Morgan fingerprint density at radius 3 is 2.50 bits per heavy atom. The lowest BCUT2D eigenvalue weighted by atomic mass is 10.0. The second-order valence-electron chi connectivity index (χ2n) is 3.78. The number of hydrogen-bond donors (Lipinski definition) is 0. The molecule has 1 heterocycles. The van der Waals surface area contributed by atoms with Gasteiger partial charge in [0.05, 0.1) is 0 Å². The number of nitrogens with zero attached hydrogens (tertiary/aromatic N) is 1. The first kappa shape index (κ1) is 11.0. The lowest BCUT2D eigenvalue weighted by Gasteiger charge is -2.19. The van der Waals surface area contributed by atoms with Crippen molar-refractivity contribution in [3.8, 4) is 0 Å². The maximum atomic E-state index is 11.5.